The van der Waals surface area contributed by atoms with E-state index in [1.807, 2.05) is 90.6 Å². The normalized spacial score (nSPS) is 11.9. The van der Waals surface area contributed by atoms with Gasteiger partial charge in [-0.1, -0.05) is 54.6 Å². The number of para-hydroxylation sites is 1. The minimum absolute atomic E-state index is 0.230. The van der Waals surface area contributed by atoms with Gasteiger partial charge in [0, 0.05) is 30.4 Å². The third kappa shape index (κ3) is 3.78. The van der Waals surface area contributed by atoms with Crippen LogP contribution in [-0.2, 0) is 7.05 Å². The Bertz CT molecular complexity index is 1360. The molecule has 0 aliphatic heterocycles. The van der Waals surface area contributed by atoms with Crippen molar-refractivity contribution in [2.45, 2.75) is 6.04 Å². The predicted molar refractivity (Wildman–Crippen MR) is 127 cm³/mol. The molecule has 0 bridgehead atoms. The van der Waals surface area contributed by atoms with Crippen LogP contribution in [0.3, 0.4) is 0 Å². The fourth-order valence-corrected chi connectivity index (χ4v) is 3.81. The number of fused-ring (bicyclic) bond motifs is 1. The highest BCUT2D eigenvalue weighted by atomic mass is 16.5. The van der Waals surface area contributed by atoms with E-state index < -0.39 is 0 Å². The maximum Gasteiger partial charge on any atom is 0.162 e. The lowest BCUT2D eigenvalue weighted by Crippen LogP contribution is -2.18. The predicted octanol–water partition coefficient (Wildman–Crippen LogP) is 5.24. The largest absolute Gasteiger partial charge is 0.497 e. The van der Waals surface area contributed by atoms with Gasteiger partial charge in [-0.3, -0.25) is 0 Å². The molecule has 0 radical (unpaired) electrons. The zero-order chi connectivity index (χ0) is 21.9. The third-order valence-corrected chi connectivity index (χ3v) is 5.46. The van der Waals surface area contributed by atoms with Crippen LogP contribution in [0.5, 0.6) is 5.75 Å². The molecule has 0 amide bonds. The fourth-order valence-electron chi connectivity index (χ4n) is 3.81. The molecule has 1 unspecified atom stereocenters. The summed E-state index contributed by atoms with van der Waals surface area (Å²) in [6.07, 6.45) is 3.75. The van der Waals surface area contributed by atoms with Crippen LogP contribution in [-0.4, -0.2) is 26.6 Å². The smallest absolute Gasteiger partial charge is 0.162 e. The SMILES string of the molecule is COc1cccc(C(Nc2nc(-c3ccccc3)nc3ccccc23)c2nccn2C)c1. The third-order valence-electron chi connectivity index (χ3n) is 5.46. The number of methoxy groups -OCH3 is 1. The van der Waals surface area contributed by atoms with Crippen LogP contribution in [0, 0.1) is 0 Å². The number of hydrogen-bond acceptors (Lipinski definition) is 5. The molecule has 1 N–H and O–H groups in total. The van der Waals surface area contributed by atoms with Gasteiger partial charge in [-0.15, -0.1) is 0 Å². The van der Waals surface area contributed by atoms with E-state index in [9.17, 15) is 0 Å². The van der Waals surface area contributed by atoms with Crippen LogP contribution >= 0.6 is 0 Å². The van der Waals surface area contributed by atoms with Gasteiger partial charge in [-0.05, 0) is 29.8 Å². The summed E-state index contributed by atoms with van der Waals surface area (Å²) in [5.41, 5.74) is 2.88. The van der Waals surface area contributed by atoms with Gasteiger partial charge in [0.1, 0.15) is 23.4 Å². The van der Waals surface area contributed by atoms with Crippen molar-refractivity contribution in [2.24, 2.45) is 7.05 Å². The molecule has 6 nitrogen and oxygen atoms in total. The Morgan fingerprint density at radius 1 is 0.906 bits per heavy atom. The average molecular weight is 422 g/mol. The molecular formula is C26H23N5O. The number of aromatic nitrogens is 4. The molecule has 32 heavy (non-hydrogen) atoms. The van der Waals surface area contributed by atoms with Gasteiger partial charge in [-0.2, -0.15) is 0 Å². The monoisotopic (exact) mass is 421 g/mol. The molecule has 2 aromatic heterocycles. The van der Waals surface area contributed by atoms with Gasteiger partial charge in [-0.25, -0.2) is 15.0 Å². The molecule has 0 saturated carbocycles. The first-order valence-corrected chi connectivity index (χ1v) is 10.4. The number of nitrogens with one attached hydrogen (secondary N) is 1. The number of ether oxygens (including phenoxy) is 1. The molecule has 2 heterocycles. The highest BCUT2D eigenvalue weighted by molar-refractivity contribution is 5.90. The number of rotatable bonds is 6. The van der Waals surface area contributed by atoms with Gasteiger partial charge >= 0.3 is 0 Å². The summed E-state index contributed by atoms with van der Waals surface area (Å²) in [6.45, 7) is 0. The van der Waals surface area contributed by atoms with E-state index in [2.05, 4.69) is 16.4 Å². The summed E-state index contributed by atoms with van der Waals surface area (Å²) in [5.74, 6) is 3.10. The van der Waals surface area contributed by atoms with Crippen LogP contribution in [0.1, 0.15) is 17.4 Å². The van der Waals surface area contributed by atoms with E-state index in [4.69, 9.17) is 14.7 Å². The van der Waals surface area contributed by atoms with Crippen LogP contribution in [0.15, 0.2) is 91.3 Å². The molecular weight excluding hydrogens is 398 g/mol. The molecule has 0 saturated heterocycles. The summed E-state index contributed by atoms with van der Waals surface area (Å²) < 4.78 is 7.48. The number of anilines is 1. The number of benzene rings is 3. The number of aryl methyl sites for hydroxylation is 1. The lowest BCUT2D eigenvalue weighted by molar-refractivity contribution is 0.414. The van der Waals surface area contributed by atoms with Crippen molar-refractivity contribution in [3.63, 3.8) is 0 Å². The molecule has 0 aliphatic rings. The standard InChI is InChI=1S/C26H23N5O/c1-31-16-15-27-26(31)23(19-11-8-12-20(17-19)32-2)29-25-21-13-6-7-14-22(21)28-24(30-25)18-9-4-3-5-10-18/h3-17,23H,1-2H3,(H,28,29,30). The Kier molecular flexibility index (Phi) is 5.25. The second kappa shape index (κ2) is 8.51. The average Bonchev–Trinajstić information content (AvgIpc) is 3.28. The molecule has 158 valence electrons. The van der Waals surface area contributed by atoms with Crippen molar-refractivity contribution < 1.29 is 4.74 Å². The first kappa shape index (κ1) is 19.8. The van der Waals surface area contributed by atoms with Crippen LogP contribution in [0.4, 0.5) is 5.82 Å². The van der Waals surface area contributed by atoms with E-state index in [0.29, 0.717) is 5.82 Å². The van der Waals surface area contributed by atoms with Gasteiger partial charge < -0.3 is 14.6 Å². The Morgan fingerprint density at radius 2 is 1.72 bits per heavy atom. The minimum Gasteiger partial charge on any atom is -0.497 e. The Hall–Kier alpha value is -4.19. The quantitative estimate of drug-likeness (QED) is 0.406. The molecule has 0 aliphatic carbocycles. The van der Waals surface area contributed by atoms with E-state index >= 15 is 0 Å². The van der Waals surface area contributed by atoms with E-state index in [1.165, 1.54) is 0 Å². The highest BCUT2D eigenvalue weighted by Crippen LogP contribution is 2.31. The van der Waals surface area contributed by atoms with Gasteiger partial charge in [0.15, 0.2) is 5.82 Å². The second-order valence-electron chi connectivity index (χ2n) is 7.53. The highest BCUT2D eigenvalue weighted by Gasteiger charge is 2.21. The summed E-state index contributed by atoms with van der Waals surface area (Å²) >= 11 is 0. The van der Waals surface area contributed by atoms with Crippen molar-refractivity contribution in [1.82, 2.24) is 19.5 Å². The van der Waals surface area contributed by atoms with Crippen molar-refractivity contribution >= 4 is 16.7 Å². The zero-order valence-corrected chi connectivity index (χ0v) is 17.9. The van der Waals surface area contributed by atoms with Crippen molar-refractivity contribution in [3.8, 4) is 17.1 Å². The van der Waals surface area contributed by atoms with Crippen molar-refractivity contribution in [2.75, 3.05) is 12.4 Å². The lowest BCUT2D eigenvalue weighted by atomic mass is 10.0. The minimum atomic E-state index is -0.230. The molecule has 1 atom stereocenters. The first-order chi connectivity index (χ1) is 15.7. The van der Waals surface area contributed by atoms with Gasteiger partial charge in [0.2, 0.25) is 0 Å². The molecule has 0 spiro atoms. The summed E-state index contributed by atoms with van der Waals surface area (Å²) in [6, 6.07) is 25.8. The van der Waals surface area contributed by atoms with Crippen LogP contribution in [0.25, 0.3) is 22.3 Å². The summed E-state index contributed by atoms with van der Waals surface area (Å²) in [4.78, 5) is 14.4. The number of nitrogens with zero attached hydrogens (tertiary/aromatic N) is 4. The Labute approximate surface area is 186 Å². The first-order valence-electron chi connectivity index (χ1n) is 10.4. The maximum absolute atomic E-state index is 5.47. The van der Waals surface area contributed by atoms with Crippen LogP contribution in [0.2, 0.25) is 0 Å². The van der Waals surface area contributed by atoms with Crippen molar-refractivity contribution in [1.29, 1.82) is 0 Å². The zero-order valence-electron chi connectivity index (χ0n) is 17.9. The van der Waals surface area contributed by atoms with E-state index in [0.717, 1.165) is 39.4 Å². The maximum atomic E-state index is 5.47. The van der Waals surface area contributed by atoms with E-state index in [1.54, 1.807) is 13.3 Å². The molecule has 0 fully saturated rings. The van der Waals surface area contributed by atoms with Gasteiger partial charge in [0.25, 0.3) is 0 Å². The fraction of sp³-hybridized carbons (Fsp3) is 0.115. The van der Waals surface area contributed by atoms with Crippen LogP contribution < -0.4 is 10.1 Å². The molecule has 5 rings (SSSR count). The molecule has 3 aromatic carbocycles. The summed E-state index contributed by atoms with van der Waals surface area (Å²) in [7, 11) is 3.66. The van der Waals surface area contributed by atoms with Crippen molar-refractivity contribution in [3.05, 3.63) is 103 Å². The molecule has 5 aromatic rings. The number of hydrogen-bond donors (Lipinski definition) is 1. The Balaban J connectivity index is 1.66. The van der Waals surface area contributed by atoms with Gasteiger partial charge in [0.05, 0.1) is 12.6 Å². The second-order valence-corrected chi connectivity index (χ2v) is 7.53. The lowest BCUT2D eigenvalue weighted by Gasteiger charge is -2.21. The molecule has 6 heteroatoms. The topological polar surface area (TPSA) is 64.9 Å². The Morgan fingerprint density at radius 3 is 2.50 bits per heavy atom. The van der Waals surface area contributed by atoms with E-state index in [-0.39, 0.29) is 6.04 Å². The summed E-state index contributed by atoms with van der Waals surface area (Å²) in [5, 5.41) is 4.61. The number of imidazole rings is 1.